The van der Waals surface area contributed by atoms with Crippen LogP contribution in [-0.4, -0.2) is 55.6 Å². The number of aromatic nitrogens is 4. The molecule has 3 aromatic rings. The van der Waals surface area contributed by atoms with E-state index in [2.05, 4.69) is 39.8 Å². The molecule has 1 aromatic heterocycles. The molecule has 1 fully saturated rings. The van der Waals surface area contributed by atoms with E-state index in [1.54, 1.807) is 4.68 Å². The fourth-order valence-electron chi connectivity index (χ4n) is 3.58. The van der Waals surface area contributed by atoms with Crippen molar-refractivity contribution in [2.24, 2.45) is 5.92 Å². The first-order valence-corrected chi connectivity index (χ1v) is 9.15. The van der Waals surface area contributed by atoms with E-state index in [9.17, 15) is 9.90 Å². The highest BCUT2D eigenvalue weighted by atomic mass is 16.4. The van der Waals surface area contributed by atoms with Crippen molar-refractivity contribution in [1.82, 2.24) is 20.2 Å². The molecule has 4 rings (SSSR count). The minimum absolute atomic E-state index is 0.0693. The number of carbonyl (C=O) groups is 1. The monoisotopic (exact) mass is 379 g/mol. The number of tetrazole rings is 1. The molecule has 0 saturated carbocycles. The number of aliphatic carboxylic acids is 1. The number of nitrogens with zero attached hydrogens (tertiary/aromatic N) is 5. The SMILES string of the molecule is O=C(O)C[C@@H]1CN(c2nnnn2Cc2ccc(-c3ccccc3)cc2)C[C@H]1O. The van der Waals surface area contributed by atoms with Gasteiger partial charge in [0.1, 0.15) is 0 Å². The molecule has 28 heavy (non-hydrogen) atoms. The molecule has 2 heterocycles. The smallest absolute Gasteiger partial charge is 0.303 e. The highest BCUT2D eigenvalue weighted by Gasteiger charge is 2.35. The standard InChI is InChI=1S/C20H21N5O3/c26-18-13-24(12-17(18)10-19(27)28)20-21-22-23-25(20)11-14-6-8-16(9-7-14)15-4-2-1-3-5-15/h1-9,17-18,26H,10-13H2,(H,27,28)/t17-,18-/m1/s1. The van der Waals surface area contributed by atoms with Crippen LogP contribution in [0, 0.1) is 5.92 Å². The predicted molar refractivity (Wildman–Crippen MR) is 103 cm³/mol. The van der Waals surface area contributed by atoms with Gasteiger partial charge in [-0.05, 0) is 27.1 Å². The Morgan fingerprint density at radius 2 is 1.75 bits per heavy atom. The second kappa shape index (κ2) is 7.77. The van der Waals surface area contributed by atoms with Gasteiger partial charge in [0.2, 0.25) is 5.95 Å². The van der Waals surface area contributed by atoms with Crippen LogP contribution in [0.2, 0.25) is 0 Å². The molecule has 0 aliphatic carbocycles. The summed E-state index contributed by atoms with van der Waals surface area (Å²) in [4.78, 5) is 12.8. The van der Waals surface area contributed by atoms with Gasteiger partial charge >= 0.3 is 5.97 Å². The van der Waals surface area contributed by atoms with Crippen molar-refractivity contribution in [1.29, 1.82) is 0 Å². The summed E-state index contributed by atoms with van der Waals surface area (Å²) in [5.41, 5.74) is 3.35. The highest BCUT2D eigenvalue weighted by molar-refractivity contribution is 5.67. The third-order valence-corrected chi connectivity index (χ3v) is 5.03. The van der Waals surface area contributed by atoms with Crippen LogP contribution < -0.4 is 4.90 Å². The average molecular weight is 379 g/mol. The lowest BCUT2D eigenvalue weighted by Crippen LogP contribution is -2.25. The second-order valence-corrected chi connectivity index (χ2v) is 7.03. The van der Waals surface area contributed by atoms with E-state index in [1.165, 1.54) is 0 Å². The molecule has 2 atom stereocenters. The van der Waals surface area contributed by atoms with Crippen LogP contribution in [0.4, 0.5) is 5.95 Å². The normalized spacial score (nSPS) is 19.1. The number of benzene rings is 2. The van der Waals surface area contributed by atoms with Gasteiger partial charge in [-0.2, -0.15) is 0 Å². The van der Waals surface area contributed by atoms with Crippen LogP contribution in [0.3, 0.4) is 0 Å². The first kappa shape index (κ1) is 18.1. The molecule has 0 amide bonds. The van der Waals surface area contributed by atoms with Crippen molar-refractivity contribution in [2.45, 2.75) is 19.1 Å². The van der Waals surface area contributed by atoms with Crippen molar-refractivity contribution in [3.63, 3.8) is 0 Å². The fourth-order valence-corrected chi connectivity index (χ4v) is 3.58. The zero-order valence-electron chi connectivity index (χ0n) is 15.2. The Labute approximate surface area is 162 Å². The van der Waals surface area contributed by atoms with Gasteiger partial charge in [0, 0.05) is 19.0 Å². The summed E-state index contributed by atoms with van der Waals surface area (Å²) in [6.45, 7) is 1.24. The van der Waals surface area contributed by atoms with Crippen LogP contribution >= 0.6 is 0 Å². The summed E-state index contributed by atoms with van der Waals surface area (Å²) in [7, 11) is 0. The predicted octanol–water partition coefficient (Wildman–Crippen LogP) is 1.66. The van der Waals surface area contributed by atoms with Crippen molar-refractivity contribution >= 4 is 11.9 Å². The third kappa shape index (κ3) is 3.86. The maximum Gasteiger partial charge on any atom is 0.303 e. The van der Waals surface area contributed by atoms with Crippen LogP contribution in [0.5, 0.6) is 0 Å². The number of rotatable bonds is 6. The van der Waals surface area contributed by atoms with E-state index in [4.69, 9.17) is 5.11 Å². The second-order valence-electron chi connectivity index (χ2n) is 7.03. The minimum Gasteiger partial charge on any atom is -0.481 e. The molecular weight excluding hydrogens is 358 g/mol. The Morgan fingerprint density at radius 1 is 1.04 bits per heavy atom. The van der Waals surface area contributed by atoms with Gasteiger partial charge in [-0.3, -0.25) is 4.79 Å². The van der Waals surface area contributed by atoms with Gasteiger partial charge < -0.3 is 15.1 Å². The molecule has 0 bridgehead atoms. The quantitative estimate of drug-likeness (QED) is 0.671. The number of aliphatic hydroxyl groups excluding tert-OH is 1. The maximum atomic E-state index is 11.0. The number of carboxylic acids is 1. The molecule has 2 N–H and O–H groups in total. The lowest BCUT2D eigenvalue weighted by atomic mass is 10.0. The summed E-state index contributed by atoms with van der Waals surface area (Å²) in [5.74, 6) is -0.698. The number of β-amino-alcohol motifs (C(OH)–C–C–N with tert-alkyl or cyclic N) is 1. The zero-order valence-corrected chi connectivity index (χ0v) is 15.2. The summed E-state index contributed by atoms with van der Waals surface area (Å²) in [5, 5.41) is 31.0. The molecule has 8 heteroatoms. The van der Waals surface area contributed by atoms with E-state index in [1.807, 2.05) is 35.2 Å². The summed E-state index contributed by atoms with van der Waals surface area (Å²) in [6, 6.07) is 18.4. The van der Waals surface area contributed by atoms with Gasteiger partial charge in [0.05, 0.1) is 19.1 Å². The largest absolute Gasteiger partial charge is 0.481 e. The van der Waals surface area contributed by atoms with Crippen molar-refractivity contribution < 1.29 is 15.0 Å². The molecule has 2 aromatic carbocycles. The zero-order chi connectivity index (χ0) is 19.5. The molecule has 144 valence electrons. The number of anilines is 1. The van der Waals surface area contributed by atoms with Gasteiger partial charge in [-0.25, -0.2) is 4.68 Å². The van der Waals surface area contributed by atoms with Crippen LogP contribution in [0.1, 0.15) is 12.0 Å². The number of hydrogen-bond acceptors (Lipinski definition) is 6. The number of aliphatic hydroxyl groups is 1. The summed E-state index contributed by atoms with van der Waals surface area (Å²) >= 11 is 0. The first-order valence-electron chi connectivity index (χ1n) is 9.15. The number of carboxylic acid groups (broad SMARTS) is 1. The average Bonchev–Trinajstić information content (AvgIpc) is 3.29. The van der Waals surface area contributed by atoms with Crippen LogP contribution in [-0.2, 0) is 11.3 Å². The Kier molecular flexibility index (Phi) is 5.03. The van der Waals surface area contributed by atoms with E-state index in [0.717, 1.165) is 16.7 Å². The van der Waals surface area contributed by atoms with Gasteiger partial charge in [-0.1, -0.05) is 59.7 Å². The Morgan fingerprint density at radius 3 is 2.46 bits per heavy atom. The summed E-state index contributed by atoms with van der Waals surface area (Å²) < 4.78 is 1.67. The highest BCUT2D eigenvalue weighted by Crippen LogP contribution is 2.25. The topological polar surface area (TPSA) is 104 Å². The molecule has 1 aliphatic rings. The lowest BCUT2D eigenvalue weighted by molar-refractivity contribution is -0.138. The molecule has 8 nitrogen and oxygen atoms in total. The maximum absolute atomic E-state index is 11.0. The molecule has 1 aliphatic heterocycles. The van der Waals surface area contributed by atoms with E-state index >= 15 is 0 Å². The van der Waals surface area contributed by atoms with E-state index < -0.39 is 12.1 Å². The van der Waals surface area contributed by atoms with Crippen molar-refractivity contribution in [3.05, 3.63) is 60.2 Å². The number of hydrogen-bond donors (Lipinski definition) is 2. The first-order chi connectivity index (χ1) is 13.6. The van der Waals surface area contributed by atoms with Crippen molar-refractivity contribution in [2.75, 3.05) is 18.0 Å². The molecule has 1 saturated heterocycles. The molecule has 0 radical (unpaired) electrons. The molecule has 0 unspecified atom stereocenters. The van der Waals surface area contributed by atoms with Gasteiger partial charge in [0.15, 0.2) is 0 Å². The Bertz CT molecular complexity index is 942. The molecule has 0 spiro atoms. The van der Waals surface area contributed by atoms with Crippen molar-refractivity contribution in [3.8, 4) is 11.1 Å². The fraction of sp³-hybridized carbons (Fsp3) is 0.300. The van der Waals surface area contributed by atoms with E-state index in [0.29, 0.717) is 25.6 Å². The Hall–Kier alpha value is -3.26. The third-order valence-electron chi connectivity index (χ3n) is 5.03. The minimum atomic E-state index is -0.913. The molecular formula is C20H21N5O3. The lowest BCUT2D eigenvalue weighted by Gasteiger charge is -2.16. The van der Waals surface area contributed by atoms with Crippen LogP contribution in [0.25, 0.3) is 11.1 Å². The van der Waals surface area contributed by atoms with Gasteiger partial charge in [-0.15, -0.1) is 0 Å². The van der Waals surface area contributed by atoms with E-state index in [-0.39, 0.29) is 12.3 Å². The summed E-state index contributed by atoms with van der Waals surface area (Å²) in [6.07, 6.45) is -0.772. The Balaban J connectivity index is 1.47. The van der Waals surface area contributed by atoms with Gasteiger partial charge in [0.25, 0.3) is 0 Å². The van der Waals surface area contributed by atoms with Crippen LogP contribution in [0.15, 0.2) is 54.6 Å².